The van der Waals surface area contributed by atoms with Gasteiger partial charge in [-0.2, -0.15) is 0 Å². The van der Waals surface area contributed by atoms with Crippen LogP contribution in [-0.4, -0.2) is 17.3 Å². The van der Waals surface area contributed by atoms with E-state index in [1.807, 2.05) is 37.4 Å². The first-order chi connectivity index (χ1) is 11.4. The summed E-state index contributed by atoms with van der Waals surface area (Å²) in [6.45, 7) is 4.18. The van der Waals surface area contributed by atoms with Crippen LogP contribution in [0.1, 0.15) is 41.1 Å². The largest absolute Gasteiger partial charge is 0.487 e. The zero-order valence-corrected chi connectivity index (χ0v) is 14.5. The molecule has 1 amide bonds. The molecule has 124 valence electrons. The number of hydrogen-bond acceptors (Lipinski definition) is 4. The van der Waals surface area contributed by atoms with Crippen molar-refractivity contribution in [3.05, 3.63) is 57.8 Å². The van der Waals surface area contributed by atoms with Gasteiger partial charge in [0, 0.05) is 17.5 Å². The average Bonchev–Trinajstić information content (AvgIpc) is 3.03. The fourth-order valence-electron chi connectivity index (χ4n) is 2.60. The molecule has 1 aliphatic rings. The Morgan fingerprint density at radius 2 is 2.21 bits per heavy atom. The van der Waals surface area contributed by atoms with Gasteiger partial charge in [-0.1, -0.05) is 12.1 Å². The van der Waals surface area contributed by atoms with Crippen LogP contribution in [-0.2, 0) is 11.3 Å². The molecule has 3 rings (SSSR count). The maximum atomic E-state index is 12.2. The molecular weight excluding hydrogens is 322 g/mol. The van der Waals surface area contributed by atoms with Gasteiger partial charge < -0.3 is 10.1 Å². The molecule has 1 N–H and O–H groups in total. The van der Waals surface area contributed by atoms with Gasteiger partial charge in [0.1, 0.15) is 11.4 Å². The van der Waals surface area contributed by atoms with Crippen LogP contribution < -0.4 is 10.1 Å². The van der Waals surface area contributed by atoms with Crippen molar-refractivity contribution in [1.29, 1.82) is 0 Å². The number of amides is 1. The van der Waals surface area contributed by atoms with Crippen LogP contribution in [0.2, 0.25) is 0 Å². The van der Waals surface area contributed by atoms with Crippen molar-refractivity contribution < 1.29 is 14.3 Å². The van der Waals surface area contributed by atoms with Crippen molar-refractivity contribution in [2.45, 2.75) is 32.4 Å². The second-order valence-corrected chi connectivity index (χ2v) is 7.34. The molecule has 24 heavy (non-hydrogen) atoms. The molecule has 1 aromatic carbocycles. The minimum absolute atomic E-state index is 0.0759. The molecule has 0 fully saturated rings. The molecule has 1 aromatic heterocycles. The summed E-state index contributed by atoms with van der Waals surface area (Å²) in [6, 6.07) is 9.37. The molecule has 0 spiro atoms. The van der Waals surface area contributed by atoms with Gasteiger partial charge in [-0.3, -0.25) is 9.59 Å². The molecule has 2 aromatic rings. The molecule has 0 unspecified atom stereocenters. The van der Waals surface area contributed by atoms with Crippen LogP contribution >= 0.6 is 11.3 Å². The van der Waals surface area contributed by atoms with Gasteiger partial charge in [0.05, 0.1) is 12.0 Å². The number of benzene rings is 1. The summed E-state index contributed by atoms with van der Waals surface area (Å²) >= 11 is 1.58. The molecule has 2 heterocycles. The van der Waals surface area contributed by atoms with E-state index in [4.69, 9.17) is 4.74 Å². The van der Waals surface area contributed by atoms with Crippen LogP contribution in [0.15, 0.2) is 41.8 Å². The number of nitrogens with one attached hydrogen (secondary N) is 1. The van der Waals surface area contributed by atoms with Crippen LogP contribution in [0.3, 0.4) is 0 Å². The molecule has 0 saturated carbocycles. The molecule has 0 bridgehead atoms. The number of ketones is 1. The lowest BCUT2D eigenvalue weighted by atomic mass is 9.92. The molecule has 0 radical (unpaired) electrons. The maximum absolute atomic E-state index is 12.2. The second kappa shape index (κ2) is 6.61. The first-order valence-corrected chi connectivity index (χ1v) is 8.65. The molecule has 5 heteroatoms. The highest BCUT2D eigenvalue weighted by atomic mass is 32.1. The Bertz CT molecular complexity index is 791. The molecule has 1 aliphatic heterocycles. The Balaban J connectivity index is 1.63. The summed E-state index contributed by atoms with van der Waals surface area (Å²) in [5.41, 5.74) is 1.00. The van der Waals surface area contributed by atoms with E-state index in [1.165, 1.54) is 6.08 Å². The first-order valence-electron chi connectivity index (χ1n) is 7.77. The normalized spacial score (nSPS) is 15.8. The summed E-state index contributed by atoms with van der Waals surface area (Å²) in [5, 5.41) is 4.79. The van der Waals surface area contributed by atoms with Crippen molar-refractivity contribution >= 4 is 29.1 Å². The lowest BCUT2D eigenvalue weighted by Gasteiger charge is -2.31. The highest BCUT2D eigenvalue weighted by Gasteiger charge is 2.32. The van der Waals surface area contributed by atoms with Gasteiger partial charge in [-0.15, -0.1) is 11.3 Å². The highest BCUT2D eigenvalue weighted by molar-refractivity contribution is 7.10. The Labute approximate surface area is 145 Å². The van der Waals surface area contributed by atoms with Gasteiger partial charge in [0.2, 0.25) is 5.91 Å². The second-order valence-electron chi connectivity index (χ2n) is 6.36. The van der Waals surface area contributed by atoms with E-state index < -0.39 is 5.60 Å². The lowest BCUT2D eigenvalue weighted by Crippen LogP contribution is -2.36. The van der Waals surface area contributed by atoms with Crippen molar-refractivity contribution in [2.24, 2.45) is 0 Å². The topological polar surface area (TPSA) is 55.4 Å². The minimum Gasteiger partial charge on any atom is -0.487 e. The van der Waals surface area contributed by atoms with Crippen molar-refractivity contribution in [3.63, 3.8) is 0 Å². The number of Topliss-reactive ketones (excluding diaryl/α,β-unsaturated/α-hetero) is 1. The summed E-state index contributed by atoms with van der Waals surface area (Å²) in [5.74, 6) is 0.528. The number of thiophene rings is 1. The third kappa shape index (κ3) is 3.92. The number of carbonyl (C=O) groups is 2. The quantitative estimate of drug-likeness (QED) is 0.860. The van der Waals surface area contributed by atoms with Gasteiger partial charge in [0.15, 0.2) is 5.78 Å². The SMILES string of the molecule is CC1(C)CC(=O)c2cc(CNC(=O)C=Cc3cccs3)ccc2O1. The zero-order valence-electron chi connectivity index (χ0n) is 13.7. The summed E-state index contributed by atoms with van der Waals surface area (Å²) in [7, 11) is 0. The Morgan fingerprint density at radius 1 is 1.38 bits per heavy atom. The molecule has 0 saturated heterocycles. The van der Waals surface area contributed by atoms with Gasteiger partial charge >= 0.3 is 0 Å². The van der Waals surface area contributed by atoms with E-state index in [2.05, 4.69) is 5.32 Å². The van der Waals surface area contributed by atoms with Crippen LogP contribution in [0.25, 0.3) is 6.08 Å². The van der Waals surface area contributed by atoms with E-state index in [1.54, 1.807) is 29.5 Å². The van der Waals surface area contributed by atoms with Gasteiger partial charge in [-0.05, 0) is 49.1 Å². The number of rotatable bonds is 4. The monoisotopic (exact) mass is 341 g/mol. The number of carbonyl (C=O) groups excluding carboxylic acids is 2. The Morgan fingerprint density at radius 3 is 2.96 bits per heavy atom. The minimum atomic E-state index is -0.466. The maximum Gasteiger partial charge on any atom is 0.244 e. The standard InChI is InChI=1S/C19H19NO3S/c1-19(2)11-16(21)15-10-13(5-7-17(15)23-19)12-20-18(22)8-6-14-4-3-9-24-14/h3-10H,11-12H2,1-2H3,(H,20,22). The molecular formula is C19H19NO3S. The van der Waals surface area contributed by atoms with E-state index in [0.29, 0.717) is 24.3 Å². The summed E-state index contributed by atoms with van der Waals surface area (Å²) in [6.07, 6.45) is 3.66. The summed E-state index contributed by atoms with van der Waals surface area (Å²) in [4.78, 5) is 25.1. The third-order valence-corrected chi connectivity index (χ3v) is 4.56. The fraction of sp³-hybridized carbons (Fsp3) is 0.263. The molecule has 0 atom stereocenters. The predicted octanol–water partition coefficient (Wildman–Crippen LogP) is 3.82. The number of hydrogen-bond donors (Lipinski definition) is 1. The van der Waals surface area contributed by atoms with Crippen molar-refractivity contribution in [1.82, 2.24) is 5.32 Å². The molecule has 0 aliphatic carbocycles. The smallest absolute Gasteiger partial charge is 0.244 e. The van der Waals surface area contributed by atoms with E-state index in [9.17, 15) is 9.59 Å². The van der Waals surface area contributed by atoms with Crippen molar-refractivity contribution in [2.75, 3.05) is 0 Å². The predicted molar refractivity (Wildman–Crippen MR) is 95.3 cm³/mol. The van der Waals surface area contributed by atoms with Crippen LogP contribution in [0, 0.1) is 0 Å². The van der Waals surface area contributed by atoms with E-state index >= 15 is 0 Å². The average molecular weight is 341 g/mol. The van der Waals surface area contributed by atoms with Crippen LogP contribution in [0.4, 0.5) is 0 Å². The first kappa shape index (κ1) is 16.5. The van der Waals surface area contributed by atoms with Crippen LogP contribution in [0.5, 0.6) is 5.75 Å². The Hall–Kier alpha value is -2.40. The Kier molecular flexibility index (Phi) is 4.53. The molecule has 4 nitrogen and oxygen atoms in total. The van der Waals surface area contributed by atoms with E-state index in [-0.39, 0.29) is 11.7 Å². The summed E-state index contributed by atoms with van der Waals surface area (Å²) < 4.78 is 5.83. The number of fused-ring (bicyclic) bond motifs is 1. The van der Waals surface area contributed by atoms with Gasteiger partial charge in [-0.25, -0.2) is 0 Å². The zero-order chi connectivity index (χ0) is 17.2. The van der Waals surface area contributed by atoms with Crippen molar-refractivity contribution in [3.8, 4) is 5.75 Å². The fourth-order valence-corrected chi connectivity index (χ4v) is 3.22. The van der Waals surface area contributed by atoms with E-state index in [0.717, 1.165) is 10.4 Å². The van der Waals surface area contributed by atoms with Gasteiger partial charge in [0.25, 0.3) is 0 Å². The lowest BCUT2D eigenvalue weighted by molar-refractivity contribution is -0.116. The third-order valence-electron chi connectivity index (χ3n) is 3.73. The number of ether oxygens (including phenoxy) is 1. The highest BCUT2D eigenvalue weighted by Crippen LogP contribution is 2.33.